The second kappa shape index (κ2) is 1.49. The van der Waals surface area contributed by atoms with Crippen LogP contribution in [0.4, 0.5) is 0 Å². The highest BCUT2D eigenvalue weighted by Crippen LogP contribution is 2.27. The van der Waals surface area contributed by atoms with Crippen LogP contribution in [0.3, 0.4) is 0 Å². The first-order chi connectivity index (χ1) is 3.34. The van der Waals surface area contributed by atoms with Crippen LogP contribution in [-0.2, 0) is 0 Å². The number of rotatable bonds is 1. The van der Waals surface area contributed by atoms with Crippen LogP contribution in [0.1, 0.15) is 13.8 Å². The van der Waals surface area contributed by atoms with Crippen molar-refractivity contribution < 1.29 is 0 Å². The van der Waals surface area contributed by atoms with Crippen molar-refractivity contribution in [3.05, 3.63) is 11.8 Å². The molecule has 0 bridgehead atoms. The summed E-state index contributed by atoms with van der Waals surface area (Å²) in [7, 11) is 0. The molecule has 1 unspecified atom stereocenters. The van der Waals surface area contributed by atoms with Crippen LogP contribution < -0.4 is 0 Å². The van der Waals surface area contributed by atoms with Gasteiger partial charge in [-0.2, -0.15) is 0 Å². The molecule has 0 heterocycles. The van der Waals surface area contributed by atoms with Crippen LogP contribution in [0.5, 0.6) is 0 Å². The van der Waals surface area contributed by atoms with Gasteiger partial charge in [0.15, 0.2) is 0 Å². The number of allylic oxidation sites excluding steroid dienone is 2. The summed E-state index contributed by atoms with van der Waals surface area (Å²) in [5.74, 6) is 0.663. The van der Waals surface area contributed by atoms with E-state index >= 15 is 0 Å². The third-order valence-electron chi connectivity index (χ3n) is 1.06. The van der Waals surface area contributed by atoms with Crippen LogP contribution in [0, 0.1) is 5.92 Å². The van der Waals surface area contributed by atoms with Gasteiger partial charge in [0.25, 0.3) is 0 Å². The van der Waals surface area contributed by atoms with Crippen LogP contribution >= 0.6 is 0 Å². The first kappa shape index (κ1) is 4.57. The second-order valence-corrected chi connectivity index (χ2v) is 1.77. The lowest BCUT2D eigenvalue weighted by Gasteiger charge is -1.76. The van der Waals surface area contributed by atoms with Gasteiger partial charge in [0, 0.05) is 17.8 Å². The molecule has 1 aliphatic rings. The summed E-state index contributed by atoms with van der Waals surface area (Å²) in [6, 6.07) is 0. The molecule has 0 aromatic heterocycles. The minimum Gasteiger partial charge on any atom is -0.266 e. The molecule has 0 radical (unpaired) electrons. The number of hydrogen-bond acceptors (Lipinski definition) is 1. The van der Waals surface area contributed by atoms with E-state index in [0.717, 1.165) is 0 Å². The number of aliphatic imine (C=N–C) groups is 1. The van der Waals surface area contributed by atoms with E-state index in [1.807, 2.05) is 13.1 Å². The zero-order chi connectivity index (χ0) is 5.28. The maximum atomic E-state index is 4.05. The van der Waals surface area contributed by atoms with Crippen molar-refractivity contribution >= 4 is 6.21 Å². The predicted molar refractivity (Wildman–Crippen MR) is 31.4 cm³/mol. The highest BCUT2D eigenvalue weighted by atomic mass is 14.8. The predicted octanol–water partition coefficient (Wildman–Crippen LogP) is 1.61. The first-order valence-corrected chi connectivity index (χ1v) is 2.55. The zero-order valence-electron chi connectivity index (χ0n) is 4.68. The van der Waals surface area contributed by atoms with Gasteiger partial charge in [0.05, 0.1) is 0 Å². The maximum absolute atomic E-state index is 4.05. The van der Waals surface area contributed by atoms with Gasteiger partial charge in [0.2, 0.25) is 0 Å². The van der Waals surface area contributed by atoms with Gasteiger partial charge in [0.1, 0.15) is 0 Å². The van der Waals surface area contributed by atoms with Gasteiger partial charge in [-0.15, -0.1) is 0 Å². The van der Waals surface area contributed by atoms with Crippen molar-refractivity contribution in [1.29, 1.82) is 0 Å². The van der Waals surface area contributed by atoms with Crippen LogP contribution in [0.2, 0.25) is 0 Å². The van der Waals surface area contributed by atoms with E-state index in [-0.39, 0.29) is 0 Å². The fourth-order valence-corrected chi connectivity index (χ4v) is 0.518. The molecule has 0 saturated heterocycles. The quantitative estimate of drug-likeness (QED) is 0.439. The average Bonchev–Trinajstić information content (AvgIpc) is 2.22. The Morgan fingerprint density at radius 3 is 2.57 bits per heavy atom. The maximum Gasteiger partial charge on any atom is 0.0432 e. The highest BCUT2D eigenvalue weighted by Gasteiger charge is 2.16. The normalized spacial score (nSPS) is 28.3. The smallest absolute Gasteiger partial charge is 0.0432 e. The van der Waals surface area contributed by atoms with Crippen LogP contribution in [-0.4, -0.2) is 6.21 Å². The van der Waals surface area contributed by atoms with Crippen molar-refractivity contribution in [2.75, 3.05) is 0 Å². The van der Waals surface area contributed by atoms with Crippen molar-refractivity contribution in [2.45, 2.75) is 13.8 Å². The Balaban J connectivity index is 2.33. The Hall–Kier alpha value is -0.590. The lowest BCUT2D eigenvalue weighted by Crippen LogP contribution is -1.64. The molecule has 0 aromatic rings. The van der Waals surface area contributed by atoms with Gasteiger partial charge in [-0.05, 0) is 6.92 Å². The van der Waals surface area contributed by atoms with E-state index in [2.05, 4.69) is 18.0 Å². The molecule has 38 valence electrons. The molecule has 0 aromatic carbocycles. The molecular weight excluding hydrogens is 86.1 g/mol. The summed E-state index contributed by atoms with van der Waals surface area (Å²) < 4.78 is 0. The molecule has 7 heavy (non-hydrogen) atoms. The Labute approximate surface area is 43.8 Å². The molecule has 0 fully saturated rings. The monoisotopic (exact) mass is 95.1 g/mol. The van der Waals surface area contributed by atoms with E-state index in [1.165, 1.54) is 5.70 Å². The highest BCUT2D eigenvalue weighted by molar-refractivity contribution is 5.57. The summed E-state index contributed by atoms with van der Waals surface area (Å²) in [4.78, 5) is 4.05. The first-order valence-electron chi connectivity index (χ1n) is 2.55. The van der Waals surface area contributed by atoms with Gasteiger partial charge < -0.3 is 0 Å². The minimum absolute atomic E-state index is 0.663. The molecule has 0 aliphatic heterocycles. The van der Waals surface area contributed by atoms with Crippen molar-refractivity contribution in [2.24, 2.45) is 10.9 Å². The average molecular weight is 95.1 g/mol. The van der Waals surface area contributed by atoms with E-state index < -0.39 is 0 Å². The molecule has 0 saturated carbocycles. The van der Waals surface area contributed by atoms with Gasteiger partial charge in [-0.25, -0.2) is 0 Å². The van der Waals surface area contributed by atoms with Gasteiger partial charge in [-0.1, -0.05) is 13.0 Å². The summed E-state index contributed by atoms with van der Waals surface area (Å²) in [6.07, 6.45) is 3.97. The fraction of sp³-hybridized carbons (Fsp3) is 0.500. The topological polar surface area (TPSA) is 12.4 Å². The molecule has 0 spiro atoms. The molecule has 0 amide bonds. The minimum atomic E-state index is 0.663. The lowest BCUT2D eigenvalue weighted by atomic mass is 10.4. The number of nitrogens with zero attached hydrogens (tertiary/aromatic N) is 1. The summed E-state index contributed by atoms with van der Waals surface area (Å²) in [6.45, 7) is 4.08. The van der Waals surface area contributed by atoms with Gasteiger partial charge >= 0.3 is 0 Å². The van der Waals surface area contributed by atoms with E-state index in [0.29, 0.717) is 5.92 Å². The SMILES string of the molecule is CC=NC1=CC1C. The fourth-order valence-electron chi connectivity index (χ4n) is 0.518. The lowest BCUT2D eigenvalue weighted by molar-refractivity contribution is 1.02. The molecule has 1 aliphatic carbocycles. The van der Waals surface area contributed by atoms with E-state index in [4.69, 9.17) is 0 Å². The van der Waals surface area contributed by atoms with Crippen LogP contribution in [0.25, 0.3) is 0 Å². The zero-order valence-corrected chi connectivity index (χ0v) is 4.68. The molecule has 1 heteroatoms. The Morgan fingerprint density at radius 1 is 1.86 bits per heavy atom. The molecular formula is C6H9N. The molecule has 1 rings (SSSR count). The van der Waals surface area contributed by atoms with Crippen molar-refractivity contribution in [3.63, 3.8) is 0 Å². The molecule has 1 nitrogen and oxygen atoms in total. The Bertz CT molecular complexity index is 122. The van der Waals surface area contributed by atoms with Crippen molar-refractivity contribution in [3.8, 4) is 0 Å². The second-order valence-electron chi connectivity index (χ2n) is 1.77. The largest absolute Gasteiger partial charge is 0.266 e. The summed E-state index contributed by atoms with van der Waals surface area (Å²) in [5.41, 5.74) is 1.24. The molecule has 0 N–H and O–H groups in total. The standard InChI is InChI=1S/C6H9N/c1-3-7-6-4-5(6)2/h3-5H,1-2H3. The van der Waals surface area contributed by atoms with E-state index in [1.54, 1.807) is 0 Å². The van der Waals surface area contributed by atoms with E-state index in [9.17, 15) is 0 Å². The summed E-state index contributed by atoms with van der Waals surface area (Å²) >= 11 is 0. The van der Waals surface area contributed by atoms with Gasteiger partial charge in [-0.3, -0.25) is 4.99 Å². The molecule has 1 atom stereocenters. The Kier molecular flexibility index (Phi) is 0.970. The third-order valence-corrected chi connectivity index (χ3v) is 1.06. The summed E-state index contributed by atoms with van der Waals surface area (Å²) in [5, 5.41) is 0. The van der Waals surface area contributed by atoms with Crippen LogP contribution in [0.15, 0.2) is 16.8 Å². The Morgan fingerprint density at radius 2 is 2.43 bits per heavy atom. The number of hydrogen-bond donors (Lipinski definition) is 0. The third kappa shape index (κ3) is 0.889. The van der Waals surface area contributed by atoms with Crippen molar-refractivity contribution in [1.82, 2.24) is 0 Å².